The summed E-state index contributed by atoms with van der Waals surface area (Å²) in [6, 6.07) is 12.9. The van der Waals surface area contributed by atoms with Gasteiger partial charge in [0.25, 0.3) is 5.69 Å². The monoisotopic (exact) mass is 387 g/mol. The van der Waals surface area contributed by atoms with Crippen molar-refractivity contribution in [2.45, 2.75) is 25.0 Å². The molecule has 7 heteroatoms. The van der Waals surface area contributed by atoms with Crippen molar-refractivity contribution < 1.29 is 9.66 Å². The van der Waals surface area contributed by atoms with E-state index in [9.17, 15) is 10.1 Å². The van der Waals surface area contributed by atoms with Gasteiger partial charge in [-0.2, -0.15) is 0 Å². The van der Waals surface area contributed by atoms with Gasteiger partial charge in [-0.05, 0) is 49.0 Å². The summed E-state index contributed by atoms with van der Waals surface area (Å²) in [6.07, 6.45) is 1.87. The highest BCUT2D eigenvalue weighted by molar-refractivity contribution is 6.32. The van der Waals surface area contributed by atoms with Gasteiger partial charge in [-0.25, -0.2) is 0 Å². The summed E-state index contributed by atoms with van der Waals surface area (Å²) in [5.74, 6) is 1.00. The summed E-state index contributed by atoms with van der Waals surface area (Å²) in [6.45, 7) is 2.69. The molecule has 1 heterocycles. The van der Waals surface area contributed by atoms with Crippen LogP contribution < -0.4 is 10.5 Å². The molecule has 0 spiro atoms. The summed E-state index contributed by atoms with van der Waals surface area (Å²) in [4.78, 5) is 12.9. The first-order valence-corrected chi connectivity index (χ1v) is 9.57. The van der Waals surface area contributed by atoms with Crippen LogP contribution in [-0.4, -0.2) is 35.5 Å². The van der Waals surface area contributed by atoms with Gasteiger partial charge in [0.2, 0.25) is 0 Å². The van der Waals surface area contributed by atoms with Gasteiger partial charge in [0, 0.05) is 18.7 Å². The Hall–Kier alpha value is -2.15. The lowest BCUT2D eigenvalue weighted by Crippen LogP contribution is -2.39. The van der Waals surface area contributed by atoms with E-state index < -0.39 is 4.92 Å². The number of hydrogen-bond acceptors (Lipinski definition) is 5. The van der Waals surface area contributed by atoms with Gasteiger partial charge in [-0.15, -0.1) is 0 Å². The maximum atomic E-state index is 10.9. The van der Waals surface area contributed by atoms with Gasteiger partial charge in [0.05, 0.1) is 16.0 Å². The van der Waals surface area contributed by atoms with Crippen LogP contribution in [-0.2, 0) is 6.42 Å². The first-order valence-electron chi connectivity index (χ1n) is 9.19. The second kappa shape index (κ2) is 7.46. The molecule has 2 aromatic carbocycles. The van der Waals surface area contributed by atoms with E-state index in [0.717, 1.165) is 31.5 Å². The van der Waals surface area contributed by atoms with Crippen molar-refractivity contribution in [3.05, 3.63) is 68.7 Å². The molecule has 0 unspecified atom stereocenters. The van der Waals surface area contributed by atoms with Gasteiger partial charge >= 0.3 is 0 Å². The van der Waals surface area contributed by atoms with Crippen molar-refractivity contribution in [3.63, 3.8) is 0 Å². The van der Waals surface area contributed by atoms with Crippen molar-refractivity contribution in [2.24, 2.45) is 11.7 Å². The zero-order valence-corrected chi connectivity index (χ0v) is 15.6. The fourth-order valence-corrected chi connectivity index (χ4v) is 4.41. The average molecular weight is 388 g/mol. The number of ether oxygens (including phenoxy) is 1. The van der Waals surface area contributed by atoms with E-state index in [-0.39, 0.29) is 22.9 Å². The number of fused-ring (bicyclic) bond motifs is 1. The number of nitro groups is 1. The predicted octanol–water partition coefficient (Wildman–Crippen LogP) is 3.57. The number of likely N-dealkylation sites (tertiary alicyclic amines) is 1. The van der Waals surface area contributed by atoms with Crippen molar-refractivity contribution in [2.75, 3.05) is 19.6 Å². The molecule has 1 aliphatic carbocycles. The number of benzene rings is 2. The largest absolute Gasteiger partial charge is 0.482 e. The molecular formula is C20H22ClN3O3. The van der Waals surface area contributed by atoms with Crippen molar-refractivity contribution >= 4 is 17.3 Å². The molecule has 142 valence electrons. The van der Waals surface area contributed by atoms with Crippen LogP contribution in [0.1, 0.15) is 23.7 Å². The lowest BCUT2D eigenvalue weighted by atomic mass is 10.1. The zero-order chi connectivity index (χ0) is 19.0. The average Bonchev–Trinajstić information content (AvgIpc) is 3.28. The Morgan fingerprint density at radius 3 is 2.81 bits per heavy atom. The van der Waals surface area contributed by atoms with Crippen LogP contribution in [0.2, 0.25) is 5.02 Å². The predicted molar refractivity (Wildman–Crippen MR) is 104 cm³/mol. The van der Waals surface area contributed by atoms with E-state index in [4.69, 9.17) is 22.1 Å². The smallest absolute Gasteiger partial charge is 0.271 e. The van der Waals surface area contributed by atoms with E-state index in [1.165, 1.54) is 17.7 Å². The molecule has 1 fully saturated rings. The summed E-state index contributed by atoms with van der Waals surface area (Å²) >= 11 is 6.27. The standard InChI is InChI=1S/C20H22ClN3O3/c21-17-10-15(24(25)26)5-6-19(17)27-20-16-4-2-1-3-14(16)9-18(20)23-8-7-13(11-22)12-23/h1-6,10,13,18,20H,7-9,11-12,22H2/t13-,18-,20-/m1/s1. The van der Waals surface area contributed by atoms with Crippen molar-refractivity contribution in [1.29, 1.82) is 0 Å². The third-order valence-corrected chi connectivity index (χ3v) is 5.94. The molecule has 27 heavy (non-hydrogen) atoms. The Morgan fingerprint density at radius 2 is 2.11 bits per heavy atom. The number of hydrogen-bond donors (Lipinski definition) is 1. The lowest BCUT2D eigenvalue weighted by molar-refractivity contribution is -0.384. The van der Waals surface area contributed by atoms with Crippen LogP contribution in [0.25, 0.3) is 0 Å². The number of non-ortho nitro benzene ring substituents is 1. The van der Waals surface area contributed by atoms with Crippen LogP contribution in [0, 0.1) is 16.0 Å². The molecule has 6 nitrogen and oxygen atoms in total. The maximum Gasteiger partial charge on any atom is 0.271 e. The Morgan fingerprint density at radius 1 is 1.30 bits per heavy atom. The molecule has 2 aromatic rings. The van der Waals surface area contributed by atoms with Crippen LogP contribution in [0.15, 0.2) is 42.5 Å². The van der Waals surface area contributed by atoms with Gasteiger partial charge in [-0.1, -0.05) is 35.9 Å². The minimum atomic E-state index is -0.458. The van der Waals surface area contributed by atoms with Crippen LogP contribution in [0.3, 0.4) is 0 Å². The molecule has 0 bridgehead atoms. The van der Waals surface area contributed by atoms with Crippen LogP contribution in [0.5, 0.6) is 5.75 Å². The highest BCUT2D eigenvalue weighted by Gasteiger charge is 2.40. The second-order valence-corrected chi connectivity index (χ2v) is 7.67. The summed E-state index contributed by atoms with van der Waals surface area (Å²) in [7, 11) is 0. The molecule has 0 amide bonds. The molecular weight excluding hydrogens is 366 g/mol. The lowest BCUT2D eigenvalue weighted by Gasteiger charge is -2.30. The van der Waals surface area contributed by atoms with E-state index in [2.05, 4.69) is 17.0 Å². The molecule has 2 aliphatic rings. The van der Waals surface area contributed by atoms with Crippen LogP contribution in [0.4, 0.5) is 5.69 Å². The quantitative estimate of drug-likeness (QED) is 0.626. The Labute approximate surface area is 163 Å². The molecule has 0 saturated carbocycles. The molecule has 3 atom stereocenters. The van der Waals surface area contributed by atoms with Gasteiger partial charge in [-0.3, -0.25) is 15.0 Å². The summed E-state index contributed by atoms with van der Waals surface area (Å²) in [5.41, 5.74) is 8.26. The molecule has 0 aromatic heterocycles. The van der Waals surface area contributed by atoms with Crippen molar-refractivity contribution in [1.82, 2.24) is 4.90 Å². The molecule has 4 rings (SSSR count). The normalized spacial score (nSPS) is 24.7. The van der Waals surface area contributed by atoms with Gasteiger partial charge in [0.1, 0.15) is 11.9 Å². The van der Waals surface area contributed by atoms with E-state index >= 15 is 0 Å². The molecule has 0 radical (unpaired) electrons. The van der Waals surface area contributed by atoms with Crippen LogP contribution >= 0.6 is 11.6 Å². The Balaban J connectivity index is 1.62. The third-order valence-electron chi connectivity index (χ3n) is 5.64. The molecule has 1 aliphatic heterocycles. The number of halogens is 1. The van der Waals surface area contributed by atoms with Crippen molar-refractivity contribution in [3.8, 4) is 5.75 Å². The minimum absolute atomic E-state index is 0.0407. The van der Waals surface area contributed by atoms with E-state index in [1.807, 2.05) is 12.1 Å². The Bertz CT molecular complexity index is 860. The highest BCUT2D eigenvalue weighted by atomic mass is 35.5. The topological polar surface area (TPSA) is 81.6 Å². The SMILES string of the molecule is NC[C@H]1CCN([C@@H]2Cc3ccccc3[C@H]2Oc2ccc([N+](=O)[O-])cc2Cl)C1. The fourth-order valence-electron chi connectivity index (χ4n) is 4.19. The number of rotatable bonds is 5. The van der Waals surface area contributed by atoms with Gasteiger partial charge in [0.15, 0.2) is 0 Å². The number of nitrogens with zero attached hydrogens (tertiary/aromatic N) is 2. The fraction of sp³-hybridized carbons (Fsp3) is 0.400. The van der Waals surface area contributed by atoms with Gasteiger partial charge < -0.3 is 10.5 Å². The minimum Gasteiger partial charge on any atom is -0.482 e. The maximum absolute atomic E-state index is 10.9. The number of nitrogens with two attached hydrogens (primary N) is 1. The first-order chi connectivity index (χ1) is 13.1. The Kier molecular flexibility index (Phi) is 5.04. The zero-order valence-electron chi connectivity index (χ0n) is 14.9. The highest BCUT2D eigenvalue weighted by Crippen LogP contribution is 2.41. The first kappa shape index (κ1) is 18.2. The van der Waals surface area contributed by atoms with E-state index in [0.29, 0.717) is 18.2 Å². The summed E-state index contributed by atoms with van der Waals surface area (Å²) in [5, 5.41) is 11.2. The molecule has 2 N–H and O–H groups in total. The number of nitro benzene ring substituents is 1. The van der Waals surface area contributed by atoms with E-state index in [1.54, 1.807) is 6.07 Å². The summed E-state index contributed by atoms with van der Waals surface area (Å²) < 4.78 is 6.33. The third kappa shape index (κ3) is 3.52. The second-order valence-electron chi connectivity index (χ2n) is 7.27. The molecule has 1 saturated heterocycles.